The van der Waals surface area contributed by atoms with Crippen LogP contribution in [-0.4, -0.2) is 46.3 Å². The van der Waals surface area contributed by atoms with Crippen molar-refractivity contribution in [3.8, 4) is 11.5 Å². The Balaban J connectivity index is 0.000000417. The second-order valence-electron chi connectivity index (χ2n) is 11.3. The topological polar surface area (TPSA) is 54.0 Å². The zero-order chi connectivity index (χ0) is 29.5. The molecule has 220 valence electrons. The highest BCUT2D eigenvalue weighted by molar-refractivity contribution is 6.30. The molecule has 1 atom stereocenters. The quantitative estimate of drug-likeness (QED) is 0.317. The van der Waals surface area contributed by atoms with Crippen LogP contribution in [0.4, 0.5) is 11.4 Å². The van der Waals surface area contributed by atoms with Crippen LogP contribution in [0.2, 0.25) is 5.02 Å². The number of fused-ring (bicyclic) bond motifs is 1. The lowest BCUT2D eigenvalue weighted by atomic mass is 9.86. The zero-order valence-electron chi connectivity index (χ0n) is 25.2. The molecule has 1 heterocycles. The van der Waals surface area contributed by atoms with Crippen LogP contribution >= 0.6 is 11.6 Å². The molecule has 1 N–H and O–H groups in total. The number of amides is 1. The van der Waals surface area contributed by atoms with Crippen LogP contribution < -0.4 is 24.6 Å². The molecule has 41 heavy (non-hydrogen) atoms. The molecular weight excluding hydrogens is 534 g/mol. The third-order valence-corrected chi connectivity index (χ3v) is 8.05. The SMILES string of the molecule is CNC1CCCCC1.COc1cc2c(cc1OC(C)C)C(c1ccc(Cl)cc1)N(c1ccc(N(C)C)cc1)C(=O)C2. The summed E-state index contributed by atoms with van der Waals surface area (Å²) in [5.41, 5.74) is 4.85. The Hall–Kier alpha value is -3.22. The maximum Gasteiger partial charge on any atom is 0.232 e. The van der Waals surface area contributed by atoms with Gasteiger partial charge in [0.2, 0.25) is 5.91 Å². The maximum atomic E-state index is 13.5. The summed E-state index contributed by atoms with van der Waals surface area (Å²) in [5.74, 6) is 1.33. The lowest BCUT2D eigenvalue weighted by Crippen LogP contribution is -2.41. The van der Waals surface area contributed by atoms with E-state index in [4.69, 9.17) is 21.1 Å². The van der Waals surface area contributed by atoms with Gasteiger partial charge in [-0.25, -0.2) is 0 Å². The van der Waals surface area contributed by atoms with Gasteiger partial charge in [-0.2, -0.15) is 0 Å². The molecule has 1 aliphatic carbocycles. The van der Waals surface area contributed by atoms with Gasteiger partial charge in [0, 0.05) is 36.5 Å². The van der Waals surface area contributed by atoms with E-state index < -0.39 is 0 Å². The molecule has 0 spiro atoms. The van der Waals surface area contributed by atoms with E-state index in [1.807, 2.05) is 98.4 Å². The van der Waals surface area contributed by atoms with E-state index in [0.717, 1.165) is 34.1 Å². The first-order valence-electron chi connectivity index (χ1n) is 14.6. The van der Waals surface area contributed by atoms with Crippen molar-refractivity contribution in [3.05, 3.63) is 82.4 Å². The fourth-order valence-corrected chi connectivity index (χ4v) is 5.76. The first kappa shape index (κ1) is 30.7. The number of carbonyl (C=O) groups excluding carboxylic acids is 1. The second kappa shape index (κ2) is 14.1. The van der Waals surface area contributed by atoms with Gasteiger partial charge < -0.3 is 24.6 Å². The number of hydrogen-bond donors (Lipinski definition) is 1. The third kappa shape index (κ3) is 7.55. The summed E-state index contributed by atoms with van der Waals surface area (Å²) in [6.07, 6.45) is 7.40. The van der Waals surface area contributed by atoms with Gasteiger partial charge in [0.1, 0.15) is 0 Å². The molecule has 0 saturated heterocycles. The standard InChI is InChI=1S/C27H29ClN2O3.C7H15N/c1-17(2)33-25-16-23-19(14-24(25)32-5)15-26(31)30(22-12-10-21(11-13-22)29(3)4)27(23)18-6-8-20(28)9-7-18;1-8-7-5-3-2-4-6-7/h6-14,16-17,27H,15H2,1-5H3;7-8H,2-6H2,1H3. The smallest absolute Gasteiger partial charge is 0.232 e. The fourth-order valence-electron chi connectivity index (χ4n) is 5.63. The summed E-state index contributed by atoms with van der Waals surface area (Å²) in [5, 5.41) is 3.96. The number of ether oxygens (including phenoxy) is 2. The molecule has 0 aromatic heterocycles. The van der Waals surface area contributed by atoms with E-state index >= 15 is 0 Å². The van der Waals surface area contributed by atoms with E-state index in [9.17, 15) is 4.79 Å². The monoisotopic (exact) mass is 577 g/mol. The van der Waals surface area contributed by atoms with E-state index in [1.165, 1.54) is 32.1 Å². The largest absolute Gasteiger partial charge is 0.493 e. The van der Waals surface area contributed by atoms with Crippen molar-refractivity contribution in [2.75, 3.05) is 38.1 Å². The van der Waals surface area contributed by atoms with Gasteiger partial charge in [-0.05, 0) is 99.0 Å². The van der Waals surface area contributed by atoms with Crippen molar-refractivity contribution in [1.82, 2.24) is 5.32 Å². The van der Waals surface area contributed by atoms with Crippen LogP contribution in [0.5, 0.6) is 11.5 Å². The summed E-state index contributed by atoms with van der Waals surface area (Å²) >= 11 is 6.18. The lowest BCUT2D eigenvalue weighted by Gasteiger charge is -2.38. The molecule has 1 amide bonds. The summed E-state index contributed by atoms with van der Waals surface area (Å²) in [6, 6.07) is 20.2. The Morgan fingerprint density at radius 3 is 2.15 bits per heavy atom. The van der Waals surface area contributed by atoms with Crippen molar-refractivity contribution in [2.45, 2.75) is 70.6 Å². The number of nitrogens with zero attached hydrogens (tertiary/aromatic N) is 2. The predicted octanol–water partition coefficient (Wildman–Crippen LogP) is 7.42. The van der Waals surface area contributed by atoms with Crippen molar-refractivity contribution in [1.29, 1.82) is 0 Å². The Labute approximate surface area is 250 Å². The van der Waals surface area contributed by atoms with Gasteiger partial charge in [0.25, 0.3) is 0 Å². The average Bonchev–Trinajstić information content (AvgIpc) is 2.97. The summed E-state index contributed by atoms with van der Waals surface area (Å²) in [4.78, 5) is 17.4. The van der Waals surface area contributed by atoms with Gasteiger partial charge in [0.05, 0.1) is 25.7 Å². The Morgan fingerprint density at radius 2 is 1.61 bits per heavy atom. The summed E-state index contributed by atoms with van der Waals surface area (Å²) in [7, 11) is 7.68. The highest BCUT2D eigenvalue weighted by Crippen LogP contribution is 2.44. The van der Waals surface area contributed by atoms with Crippen LogP contribution in [0.1, 0.15) is 68.7 Å². The van der Waals surface area contributed by atoms with E-state index in [-0.39, 0.29) is 24.5 Å². The van der Waals surface area contributed by atoms with Gasteiger partial charge in [0.15, 0.2) is 11.5 Å². The number of halogens is 1. The third-order valence-electron chi connectivity index (χ3n) is 7.79. The van der Waals surface area contributed by atoms with Gasteiger partial charge >= 0.3 is 0 Å². The highest BCUT2D eigenvalue weighted by atomic mass is 35.5. The van der Waals surface area contributed by atoms with Crippen molar-refractivity contribution in [3.63, 3.8) is 0 Å². The van der Waals surface area contributed by atoms with Gasteiger partial charge in [-0.3, -0.25) is 4.79 Å². The predicted molar refractivity (Wildman–Crippen MR) is 170 cm³/mol. The lowest BCUT2D eigenvalue weighted by molar-refractivity contribution is -0.118. The van der Waals surface area contributed by atoms with Crippen LogP contribution in [0, 0.1) is 0 Å². The molecule has 0 bridgehead atoms. The highest BCUT2D eigenvalue weighted by Gasteiger charge is 2.36. The molecule has 1 fully saturated rings. The molecule has 7 heteroatoms. The molecular formula is C34H44ClN3O3. The Kier molecular flexibility index (Phi) is 10.6. The molecule has 2 aliphatic rings. The average molecular weight is 578 g/mol. The summed E-state index contributed by atoms with van der Waals surface area (Å²) in [6.45, 7) is 3.97. The molecule has 0 radical (unpaired) electrons. The molecule has 3 aromatic carbocycles. The number of hydrogen-bond acceptors (Lipinski definition) is 5. The van der Waals surface area contributed by atoms with E-state index in [0.29, 0.717) is 16.5 Å². The normalized spacial score (nSPS) is 17.0. The number of nitrogens with one attached hydrogen (secondary N) is 1. The van der Waals surface area contributed by atoms with Crippen molar-refractivity contribution < 1.29 is 14.3 Å². The molecule has 6 nitrogen and oxygen atoms in total. The van der Waals surface area contributed by atoms with Crippen LogP contribution in [-0.2, 0) is 11.2 Å². The number of methoxy groups -OCH3 is 1. The van der Waals surface area contributed by atoms with E-state index in [1.54, 1.807) is 7.11 Å². The first-order valence-corrected chi connectivity index (χ1v) is 15.0. The number of anilines is 2. The molecule has 5 rings (SSSR count). The number of benzene rings is 3. The molecule has 1 saturated carbocycles. The fraction of sp³-hybridized carbons (Fsp3) is 0.441. The summed E-state index contributed by atoms with van der Waals surface area (Å²) < 4.78 is 11.6. The first-order chi connectivity index (χ1) is 19.7. The minimum Gasteiger partial charge on any atom is -0.493 e. The minimum absolute atomic E-state index is 0.00849. The van der Waals surface area contributed by atoms with Crippen LogP contribution in [0.15, 0.2) is 60.7 Å². The van der Waals surface area contributed by atoms with Crippen LogP contribution in [0.25, 0.3) is 0 Å². The van der Waals surface area contributed by atoms with Crippen molar-refractivity contribution >= 4 is 28.9 Å². The Morgan fingerprint density at radius 1 is 0.951 bits per heavy atom. The number of carbonyl (C=O) groups is 1. The molecule has 1 aliphatic heterocycles. The van der Waals surface area contributed by atoms with Gasteiger partial charge in [-0.15, -0.1) is 0 Å². The molecule has 3 aromatic rings. The van der Waals surface area contributed by atoms with Gasteiger partial charge in [-0.1, -0.05) is 43.0 Å². The van der Waals surface area contributed by atoms with Crippen molar-refractivity contribution in [2.24, 2.45) is 0 Å². The van der Waals surface area contributed by atoms with Crippen LogP contribution in [0.3, 0.4) is 0 Å². The van der Waals surface area contributed by atoms with E-state index in [2.05, 4.69) is 12.4 Å². The second-order valence-corrected chi connectivity index (χ2v) is 11.7. The maximum absolute atomic E-state index is 13.5. The minimum atomic E-state index is -0.316. The zero-order valence-corrected chi connectivity index (χ0v) is 26.0. The molecule has 1 unspecified atom stereocenters. The Bertz CT molecular complexity index is 1290. The number of rotatable bonds is 7.